The number of nitrogens with zero attached hydrogens (tertiary/aromatic N) is 4. The van der Waals surface area contributed by atoms with Crippen LogP contribution in [0.3, 0.4) is 0 Å². The van der Waals surface area contributed by atoms with Crippen molar-refractivity contribution >= 4 is 17.5 Å². The van der Waals surface area contributed by atoms with Crippen molar-refractivity contribution in [3.63, 3.8) is 0 Å². The second kappa shape index (κ2) is 12.7. The van der Waals surface area contributed by atoms with Gasteiger partial charge in [0.15, 0.2) is 0 Å². The third-order valence-corrected chi connectivity index (χ3v) is 6.22. The van der Waals surface area contributed by atoms with Crippen molar-refractivity contribution in [2.24, 2.45) is 5.92 Å². The zero-order valence-electron chi connectivity index (χ0n) is 21.3. The van der Waals surface area contributed by atoms with E-state index in [0.717, 1.165) is 49.9 Å². The number of anilines is 1. The van der Waals surface area contributed by atoms with Crippen molar-refractivity contribution in [2.75, 3.05) is 18.0 Å². The lowest BCUT2D eigenvalue weighted by Crippen LogP contribution is -2.36. The highest BCUT2D eigenvalue weighted by molar-refractivity contribution is 5.94. The van der Waals surface area contributed by atoms with Gasteiger partial charge in [-0.1, -0.05) is 65.2 Å². The molecule has 0 N–H and O–H groups in total. The van der Waals surface area contributed by atoms with Gasteiger partial charge in [0.05, 0.1) is 0 Å². The van der Waals surface area contributed by atoms with Crippen molar-refractivity contribution < 1.29 is 14.0 Å². The Kier molecular flexibility index (Phi) is 9.66. The maximum absolute atomic E-state index is 13.3. The van der Waals surface area contributed by atoms with E-state index in [1.165, 1.54) is 0 Å². The molecule has 34 heavy (non-hydrogen) atoms. The maximum atomic E-state index is 13.3. The summed E-state index contributed by atoms with van der Waals surface area (Å²) in [4.78, 5) is 30.3. The van der Waals surface area contributed by atoms with E-state index in [1.807, 2.05) is 47.9 Å². The van der Waals surface area contributed by atoms with Crippen LogP contribution in [-0.4, -0.2) is 40.0 Å². The number of aromatic nitrogens is 2. The molecule has 1 aromatic carbocycles. The minimum Gasteiger partial charge on any atom is -0.425 e. The summed E-state index contributed by atoms with van der Waals surface area (Å²) >= 11 is 0. The molecule has 7 heteroatoms. The predicted octanol–water partition coefficient (Wildman–Crippen LogP) is 5.50. The molecule has 1 aliphatic rings. The summed E-state index contributed by atoms with van der Waals surface area (Å²) in [5.41, 5.74) is 1.96. The smallest absolute Gasteiger partial charge is 0.227 e. The predicted molar refractivity (Wildman–Crippen MR) is 133 cm³/mol. The van der Waals surface area contributed by atoms with E-state index in [1.54, 1.807) is 0 Å². The molecule has 1 aromatic heterocycles. The van der Waals surface area contributed by atoms with Gasteiger partial charge >= 0.3 is 0 Å². The Morgan fingerprint density at radius 2 is 1.65 bits per heavy atom. The highest BCUT2D eigenvalue weighted by atomic mass is 16.4. The van der Waals surface area contributed by atoms with Crippen LogP contribution in [0, 0.1) is 5.92 Å². The van der Waals surface area contributed by atoms with Gasteiger partial charge in [-0.2, -0.15) is 0 Å². The average molecular weight is 469 g/mol. The third-order valence-electron chi connectivity index (χ3n) is 6.22. The Hall–Kier alpha value is -2.70. The van der Waals surface area contributed by atoms with E-state index < -0.39 is 0 Å². The van der Waals surface area contributed by atoms with Crippen molar-refractivity contribution in [2.45, 2.75) is 91.5 Å². The van der Waals surface area contributed by atoms with Gasteiger partial charge in [-0.3, -0.25) is 9.59 Å². The van der Waals surface area contributed by atoms with Gasteiger partial charge in [-0.25, -0.2) is 0 Å². The van der Waals surface area contributed by atoms with Gasteiger partial charge < -0.3 is 14.2 Å². The molecule has 186 valence electrons. The van der Waals surface area contributed by atoms with Gasteiger partial charge in [0.2, 0.25) is 23.6 Å². The van der Waals surface area contributed by atoms with Gasteiger partial charge in [0.25, 0.3) is 0 Å². The summed E-state index contributed by atoms with van der Waals surface area (Å²) in [5.74, 6) is 1.84. The van der Waals surface area contributed by atoms with Crippen LogP contribution in [0.1, 0.15) is 95.9 Å². The Balaban J connectivity index is 1.78. The molecule has 0 fully saturated rings. The van der Waals surface area contributed by atoms with Gasteiger partial charge in [-0.05, 0) is 30.4 Å². The zero-order valence-corrected chi connectivity index (χ0v) is 21.3. The van der Waals surface area contributed by atoms with Crippen molar-refractivity contribution in [3.8, 4) is 0 Å². The summed E-state index contributed by atoms with van der Waals surface area (Å²) < 4.78 is 5.69. The normalized spacial score (nSPS) is 15.7. The highest BCUT2D eigenvalue weighted by Crippen LogP contribution is 2.26. The van der Waals surface area contributed by atoms with Crippen molar-refractivity contribution in [3.05, 3.63) is 41.6 Å². The maximum Gasteiger partial charge on any atom is 0.227 e. The van der Waals surface area contributed by atoms with Gasteiger partial charge in [-0.15, -0.1) is 10.2 Å². The average Bonchev–Trinajstić information content (AvgIpc) is 3.27. The Labute approximate surface area is 203 Å². The number of carbonyl (C=O) groups excluding carboxylic acids is 2. The van der Waals surface area contributed by atoms with Crippen molar-refractivity contribution in [1.82, 2.24) is 15.1 Å². The number of rotatable bonds is 6. The first-order valence-electron chi connectivity index (χ1n) is 12.8. The van der Waals surface area contributed by atoms with E-state index in [4.69, 9.17) is 4.42 Å². The Morgan fingerprint density at radius 1 is 0.941 bits per heavy atom. The molecular weight excluding hydrogens is 428 g/mol. The van der Waals surface area contributed by atoms with Crippen LogP contribution >= 0.6 is 0 Å². The molecule has 2 amide bonds. The Morgan fingerprint density at radius 3 is 2.35 bits per heavy atom. The van der Waals surface area contributed by atoms with Crippen LogP contribution in [0.4, 0.5) is 5.69 Å². The molecule has 0 saturated heterocycles. The van der Waals surface area contributed by atoms with Crippen LogP contribution in [0.25, 0.3) is 0 Å². The second-order valence-electron chi connectivity index (χ2n) is 10.0. The number of amides is 2. The topological polar surface area (TPSA) is 79.5 Å². The van der Waals surface area contributed by atoms with Crippen LogP contribution in [0.15, 0.2) is 28.7 Å². The van der Waals surface area contributed by atoms with Crippen LogP contribution in [0.2, 0.25) is 0 Å². The summed E-state index contributed by atoms with van der Waals surface area (Å²) in [6.45, 7) is 10.1. The number of carbonyl (C=O) groups is 2. The molecule has 3 rings (SSSR count). The molecule has 0 bridgehead atoms. The first kappa shape index (κ1) is 25.9. The van der Waals surface area contributed by atoms with Gasteiger partial charge in [0.1, 0.15) is 0 Å². The third kappa shape index (κ3) is 7.40. The fourth-order valence-corrected chi connectivity index (χ4v) is 4.32. The molecule has 1 aliphatic heterocycles. The fourth-order valence-electron chi connectivity index (χ4n) is 4.32. The largest absolute Gasteiger partial charge is 0.425 e. The van der Waals surface area contributed by atoms with Crippen LogP contribution in [-0.2, 0) is 22.6 Å². The molecule has 0 unspecified atom stereocenters. The SMILES string of the molecule is CC(C)CC(=O)N1CCCCCCCN(C(=O)CCc2nnc(C(C)C)o2)Cc2ccccc21. The number of hydrogen-bond acceptors (Lipinski definition) is 5. The van der Waals surface area contributed by atoms with E-state index in [9.17, 15) is 9.59 Å². The van der Waals surface area contributed by atoms with E-state index in [2.05, 4.69) is 24.0 Å². The number of fused-ring (bicyclic) bond motifs is 1. The number of aryl methyl sites for hydroxylation is 1. The van der Waals surface area contributed by atoms with Crippen molar-refractivity contribution in [1.29, 1.82) is 0 Å². The highest BCUT2D eigenvalue weighted by Gasteiger charge is 2.23. The van der Waals surface area contributed by atoms with Gasteiger partial charge in [0, 0.05) is 50.5 Å². The van der Waals surface area contributed by atoms with E-state index >= 15 is 0 Å². The Bertz CT molecular complexity index is 937. The second-order valence-corrected chi connectivity index (χ2v) is 10.0. The summed E-state index contributed by atoms with van der Waals surface area (Å²) in [6, 6.07) is 8.04. The minimum atomic E-state index is 0.0798. The summed E-state index contributed by atoms with van der Waals surface area (Å²) in [5, 5.41) is 8.17. The lowest BCUT2D eigenvalue weighted by atomic mass is 10.0. The first-order valence-corrected chi connectivity index (χ1v) is 12.8. The number of benzene rings is 1. The molecule has 0 aliphatic carbocycles. The zero-order chi connectivity index (χ0) is 24.5. The summed E-state index contributed by atoms with van der Waals surface area (Å²) in [6.07, 6.45) is 6.60. The molecule has 0 radical (unpaired) electrons. The summed E-state index contributed by atoms with van der Waals surface area (Å²) in [7, 11) is 0. The minimum absolute atomic E-state index is 0.0798. The molecule has 0 spiro atoms. The van der Waals surface area contributed by atoms with Crippen LogP contribution < -0.4 is 4.90 Å². The molecule has 0 saturated carbocycles. The standard InChI is InChI=1S/C27H40N4O3/c1-20(2)18-26(33)31-17-11-7-5-6-10-16-30(19-22-12-8-9-13-23(22)31)25(32)15-14-24-28-29-27(34-24)21(3)4/h8-9,12-13,20-21H,5-7,10-11,14-19H2,1-4H3. The van der Waals surface area contributed by atoms with Crippen LogP contribution in [0.5, 0.6) is 0 Å². The molecule has 2 heterocycles. The quantitative estimate of drug-likeness (QED) is 0.559. The number of hydrogen-bond donors (Lipinski definition) is 0. The monoisotopic (exact) mass is 468 g/mol. The first-order chi connectivity index (χ1) is 16.3. The van der Waals surface area contributed by atoms with E-state index in [-0.39, 0.29) is 17.7 Å². The molecule has 2 aromatic rings. The molecule has 7 nitrogen and oxygen atoms in total. The number of para-hydroxylation sites is 1. The van der Waals surface area contributed by atoms with E-state index in [0.29, 0.717) is 50.1 Å². The molecular formula is C27H40N4O3. The lowest BCUT2D eigenvalue weighted by molar-refractivity contribution is -0.132. The molecule has 0 atom stereocenters. The fraction of sp³-hybridized carbons (Fsp3) is 0.630. The lowest BCUT2D eigenvalue weighted by Gasteiger charge is -2.30.